The first-order chi connectivity index (χ1) is 10.4. The van der Waals surface area contributed by atoms with Crippen LogP contribution in [0.1, 0.15) is 49.9 Å². The lowest BCUT2D eigenvalue weighted by Gasteiger charge is -2.13. The number of nitrogens with one attached hydrogen (secondary N) is 2. The van der Waals surface area contributed by atoms with E-state index in [9.17, 15) is 13.2 Å². The number of carbonyl (C=O) groups excluding carboxylic acids is 1. The molecule has 2 N–H and O–H groups in total. The SMILES string of the molecule is CC(C)CNC(=O)c1ccc(S(=O)(=O)NC2CCCC2)cc1. The maximum absolute atomic E-state index is 12.3. The van der Waals surface area contributed by atoms with Gasteiger partial charge in [0, 0.05) is 18.2 Å². The molecule has 1 saturated carbocycles. The van der Waals surface area contributed by atoms with E-state index in [2.05, 4.69) is 10.0 Å². The highest BCUT2D eigenvalue weighted by Gasteiger charge is 2.22. The molecular weight excluding hydrogens is 300 g/mol. The van der Waals surface area contributed by atoms with Gasteiger partial charge >= 0.3 is 0 Å². The first kappa shape index (κ1) is 17.0. The lowest BCUT2D eigenvalue weighted by molar-refractivity contribution is 0.0949. The Morgan fingerprint density at radius 1 is 1.18 bits per heavy atom. The Morgan fingerprint density at radius 2 is 1.77 bits per heavy atom. The molecule has 0 heterocycles. The summed E-state index contributed by atoms with van der Waals surface area (Å²) in [5.74, 6) is 0.195. The predicted octanol–water partition coefficient (Wildman–Crippen LogP) is 2.29. The third kappa shape index (κ3) is 4.55. The summed E-state index contributed by atoms with van der Waals surface area (Å²) in [6, 6.07) is 6.12. The number of benzene rings is 1. The average molecular weight is 324 g/mol. The van der Waals surface area contributed by atoms with Crippen LogP contribution < -0.4 is 10.0 Å². The number of hydrogen-bond donors (Lipinski definition) is 2. The van der Waals surface area contributed by atoms with Crippen molar-refractivity contribution in [3.63, 3.8) is 0 Å². The van der Waals surface area contributed by atoms with Crippen molar-refractivity contribution in [2.24, 2.45) is 5.92 Å². The van der Waals surface area contributed by atoms with E-state index in [1.807, 2.05) is 13.8 Å². The number of rotatable bonds is 6. The molecule has 0 saturated heterocycles. The van der Waals surface area contributed by atoms with Gasteiger partial charge in [-0.2, -0.15) is 0 Å². The summed E-state index contributed by atoms with van der Waals surface area (Å²) in [4.78, 5) is 12.1. The Morgan fingerprint density at radius 3 is 2.32 bits per heavy atom. The molecule has 0 radical (unpaired) electrons. The molecule has 0 aliphatic heterocycles. The summed E-state index contributed by atoms with van der Waals surface area (Å²) < 4.78 is 27.3. The minimum Gasteiger partial charge on any atom is -0.352 e. The second-order valence-electron chi connectivity index (χ2n) is 6.23. The first-order valence-corrected chi connectivity index (χ1v) is 9.27. The number of sulfonamides is 1. The van der Waals surface area contributed by atoms with Crippen molar-refractivity contribution in [2.75, 3.05) is 6.54 Å². The fourth-order valence-electron chi connectivity index (χ4n) is 2.52. The van der Waals surface area contributed by atoms with Gasteiger partial charge in [0.25, 0.3) is 5.91 Å². The molecule has 122 valence electrons. The minimum absolute atomic E-state index is 0.0408. The van der Waals surface area contributed by atoms with Crippen LogP contribution in [-0.2, 0) is 10.0 Å². The van der Waals surface area contributed by atoms with Crippen LogP contribution >= 0.6 is 0 Å². The van der Waals surface area contributed by atoms with Gasteiger partial charge in [-0.3, -0.25) is 4.79 Å². The van der Waals surface area contributed by atoms with E-state index >= 15 is 0 Å². The van der Waals surface area contributed by atoms with Crippen LogP contribution in [0.2, 0.25) is 0 Å². The van der Waals surface area contributed by atoms with Crippen molar-refractivity contribution in [1.29, 1.82) is 0 Å². The van der Waals surface area contributed by atoms with Crippen molar-refractivity contribution in [3.05, 3.63) is 29.8 Å². The van der Waals surface area contributed by atoms with Gasteiger partial charge in [0.1, 0.15) is 0 Å². The largest absolute Gasteiger partial charge is 0.352 e. The molecule has 1 aromatic rings. The molecule has 22 heavy (non-hydrogen) atoms. The molecule has 2 rings (SSSR count). The van der Waals surface area contributed by atoms with Crippen molar-refractivity contribution in [1.82, 2.24) is 10.0 Å². The van der Waals surface area contributed by atoms with Gasteiger partial charge in [-0.1, -0.05) is 26.7 Å². The quantitative estimate of drug-likeness (QED) is 0.843. The first-order valence-electron chi connectivity index (χ1n) is 7.79. The molecule has 0 atom stereocenters. The zero-order valence-electron chi connectivity index (χ0n) is 13.1. The van der Waals surface area contributed by atoms with Crippen LogP contribution in [0.3, 0.4) is 0 Å². The Balaban J connectivity index is 2.02. The normalized spacial score (nSPS) is 16.1. The molecule has 6 heteroatoms. The fraction of sp³-hybridized carbons (Fsp3) is 0.562. The topological polar surface area (TPSA) is 75.3 Å². The van der Waals surface area contributed by atoms with E-state index in [1.54, 1.807) is 12.1 Å². The molecule has 0 spiro atoms. The van der Waals surface area contributed by atoms with Gasteiger partial charge in [-0.25, -0.2) is 13.1 Å². The molecule has 1 aliphatic carbocycles. The van der Waals surface area contributed by atoms with Crippen molar-refractivity contribution < 1.29 is 13.2 Å². The highest BCUT2D eigenvalue weighted by atomic mass is 32.2. The fourth-order valence-corrected chi connectivity index (χ4v) is 3.82. The molecule has 0 aromatic heterocycles. The molecular formula is C16H24N2O3S. The second kappa shape index (κ2) is 7.24. The summed E-state index contributed by atoms with van der Waals surface area (Å²) in [5, 5.41) is 2.81. The Hall–Kier alpha value is -1.40. The summed E-state index contributed by atoms with van der Waals surface area (Å²) in [6.07, 6.45) is 3.94. The third-order valence-electron chi connectivity index (χ3n) is 3.77. The number of hydrogen-bond acceptors (Lipinski definition) is 3. The van der Waals surface area contributed by atoms with Crippen LogP contribution in [0.15, 0.2) is 29.2 Å². The summed E-state index contributed by atoms with van der Waals surface area (Å²) in [5.41, 5.74) is 0.473. The lowest BCUT2D eigenvalue weighted by Crippen LogP contribution is -2.32. The standard InChI is InChI=1S/C16H24N2O3S/c1-12(2)11-17-16(19)13-7-9-15(10-8-13)22(20,21)18-14-5-3-4-6-14/h7-10,12,14,18H,3-6,11H2,1-2H3,(H,17,19). The minimum atomic E-state index is -3.49. The molecule has 1 aliphatic rings. The second-order valence-corrected chi connectivity index (χ2v) is 7.94. The van der Waals surface area contributed by atoms with E-state index in [1.165, 1.54) is 12.1 Å². The Labute approximate surface area is 132 Å². The summed E-state index contributed by atoms with van der Waals surface area (Å²) >= 11 is 0. The maximum atomic E-state index is 12.3. The van der Waals surface area contributed by atoms with E-state index in [4.69, 9.17) is 0 Å². The Kier molecular flexibility index (Phi) is 5.58. The van der Waals surface area contributed by atoms with Gasteiger partial charge in [0.2, 0.25) is 10.0 Å². The Bertz CT molecular complexity index is 603. The zero-order valence-corrected chi connectivity index (χ0v) is 13.9. The van der Waals surface area contributed by atoms with E-state index in [0.717, 1.165) is 25.7 Å². The number of amides is 1. The predicted molar refractivity (Wildman–Crippen MR) is 86.2 cm³/mol. The van der Waals surface area contributed by atoms with E-state index < -0.39 is 10.0 Å². The van der Waals surface area contributed by atoms with Crippen molar-refractivity contribution in [3.8, 4) is 0 Å². The smallest absolute Gasteiger partial charge is 0.251 e. The van der Waals surface area contributed by atoms with Crippen LogP contribution in [0.4, 0.5) is 0 Å². The lowest BCUT2D eigenvalue weighted by atomic mass is 10.2. The molecule has 0 bridgehead atoms. The zero-order chi connectivity index (χ0) is 16.2. The van der Waals surface area contributed by atoms with Gasteiger partial charge in [-0.05, 0) is 43.0 Å². The highest BCUT2D eigenvalue weighted by Crippen LogP contribution is 2.20. The van der Waals surface area contributed by atoms with Crippen LogP contribution in [0.5, 0.6) is 0 Å². The van der Waals surface area contributed by atoms with Gasteiger partial charge in [0.05, 0.1) is 4.90 Å². The maximum Gasteiger partial charge on any atom is 0.251 e. The van der Waals surface area contributed by atoms with Gasteiger partial charge < -0.3 is 5.32 Å². The third-order valence-corrected chi connectivity index (χ3v) is 5.31. The number of carbonyl (C=O) groups is 1. The van der Waals surface area contributed by atoms with E-state index in [0.29, 0.717) is 18.0 Å². The van der Waals surface area contributed by atoms with Gasteiger partial charge in [0.15, 0.2) is 0 Å². The van der Waals surface area contributed by atoms with Crippen LogP contribution in [-0.4, -0.2) is 26.9 Å². The monoisotopic (exact) mass is 324 g/mol. The summed E-state index contributed by atoms with van der Waals surface area (Å²) in [6.45, 7) is 4.64. The molecule has 1 fully saturated rings. The van der Waals surface area contributed by atoms with Crippen LogP contribution in [0.25, 0.3) is 0 Å². The van der Waals surface area contributed by atoms with Crippen LogP contribution in [0, 0.1) is 5.92 Å². The van der Waals surface area contributed by atoms with Crippen molar-refractivity contribution in [2.45, 2.75) is 50.5 Å². The van der Waals surface area contributed by atoms with E-state index in [-0.39, 0.29) is 16.8 Å². The molecule has 0 unspecified atom stereocenters. The molecule has 1 amide bonds. The molecule has 5 nitrogen and oxygen atoms in total. The highest BCUT2D eigenvalue weighted by molar-refractivity contribution is 7.89. The average Bonchev–Trinajstić information content (AvgIpc) is 2.97. The summed E-state index contributed by atoms with van der Waals surface area (Å²) in [7, 11) is -3.49. The molecule has 1 aromatic carbocycles. The van der Waals surface area contributed by atoms with Crippen molar-refractivity contribution >= 4 is 15.9 Å². The van der Waals surface area contributed by atoms with Gasteiger partial charge in [-0.15, -0.1) is 0 Å².